The van der Waals surface area contributed by atoms with Gasteiger partial charge in [-0.05, 0) is 49.2 Å². The molecule has 0 radical (unpaired) electrons. The maximum atomic E-state index is 14.0. The van der Waals surface area contributed by atoms with Crippen LogP contribution in [0, 0.1) is 31.5 Å². The monoisotopic (exact) mass is 300 g/mol. The van der Waals surface area contributed by atoms with Crippen molar-refractivity contribution >= 4 is 11.8 Å². The molecule has 2 N–H and O–H groups in total. The lowest BCUT2D eigenvalue weighted by Crippen LogP contribution is -1.94. The summed E-state index contributed by atoms with van der Waals surface area (Å²) in [5.41, 5.74) is 8.75. The van der Waals surface area contributed by atoms with Crippen LogP contribution in [0.1, 0.15) is 22.4 Å². The summed E-state index contributed by atoms with van der Waals surface area (Å²) in [6.45, 7) is 4.27. The Labute approximate surface area is 129 Å². The third-order valence-electron chi connectivity index (χ3n) is 2.84. The predicted molar refractivity (Wildman–Crippen MR) is 85.6 cm³/mol. The number of hydrogen-bond donors (Lipinski definition) is 1. The minimum atomic E-state index is -0.240. The van der Waals surface area contributed by atoms with Crippen LogP contribution in [-0.4, -0.2) is 11.5 Å². The second-order valence-corrected chi connectivity index (χ2v) is 5.72. The van der Waals surface area contributed by atoms with Crippen LogP contribution in [0.25, 0.3) is 0 Å². The Morgan fingerprint density at radius 2 is 2.05 bits per heavy atom. The average molecular weight is 300 g/mol. The molecule has 0 aliphatic carbocycles. The van der Waals surface area contributed by atoms with E-state index in [-0.39, 0.29) is 12.4 Å². The van der Waals surface area contributed by atoms with Crippen molar-refractivity contribution in [1.29, 1.82) is 0 Å². The molecule has 108 valence electrons. The zero-order valence-electron chi connectivity index (χ0n) is 12.1. The van der Waals surface area contributed by atoms with Crippen molar-refractivity contribution in [3.05, 3.63) is 58.5 Å². The summed E-state index contributed by atoms with van der Waals surface area (Å²) >= 11 is 1.53. The summed E-state index contributed by atoms with van der Waals surface area (Å²) in [5.74, 6) is 5.85. The molecule has 0 saturated carbocycles. The zero-order chi connectivity index (χ0) is 15.2. The Balaban J connectivity index is 2.09. The first-order valence-electron chi connectivity index (χ1n) is 6.64. The number of halogens is 1. The molecule has 0 saturated heterocycles. The molecule has 0 amide bonds. The van der Waals surface area contributed by atoms with Gasteiger partial charge in [-0.15, -0.1) is 11.8 Å². The summed E-state index contributed by atoms with van der Waals surface area (Å²) in [6.07, 6.45) is 0. The smallest absolute Gasteiger partial charge is 0.128 e. The third kappa shape index (κ3) is 4.59. The SMILES string of the molecule is Cc1cc(C)nc(SCc2ccc(C#CCN)cc2F)c1. The number of aryl methyl sites for hydroxylation is 2. The maximum Gasteiger partial charge on any atom is 0.128 e. The van der Waals surface area contributed by atoms with Crippen molar-refractivity contribution in [3.63, 3.8) is 0 Å². The second kappa shape index (κ2) is 7.26. The normalized spacial score (nSPS) is 10.1. The fraction of sp³-hybridized carbons (Fsp3) is 0.235. The number of benzene rings is 1. The van der Waals surface area contributed by atoms with Crippen molar-refractivity contribution < 1.29 is 4.39 Å². The van der Waals surface area contributed by atoms with Crippen molar-refractivity contribution in [2.24, 2.45) is 5.73 Å². The van der Waals surface area contributed by atoms with E-state index in [4.69, 9.17) is 5.73 Å². The molecule has 0 fully saturated rings. The van der Waals surface area contributed by atoms with Crippen LogP contribution in [0.15, 0.2) is 35.4 Å². The van der Waals surface area contributed by atoms with Crippen LogP contribution in [0.2, 0.25) is 0 Å². The van der Waals surface area contributed by atoms with E-state index < -0.39 is 0 Å². The molecule has 21 heavy (non-hydrogen) atoms. The molecule has 0 aliphatic rings. The van der Waals surface area contributed by atoms with Gasteiger partial charge in [-0.2, -0.15) is 0 Å². The largest absolute Gasteiger partial charge is 0.320 e. The van der Waals surface area contributed by atoms with Crippen molar-refractivity contribution in [2.45, 2.75) is 24.6 Å². The third-order valence-corrected chi connectivity index (χ3v) is 3.80. The quantitative estimate of drug-likeness (QED) is 0.697. The Bertz CT molecular complexity index is 681. The van der Waals surface area contributed by atoms with E-state index in [2.05, 4.69) is 16.8 Å². The van der Waals surface area contributed by atoms with Crippen molar-refractivity contribution in [2.75, 3.05) is 6.54 Å². The van der Waals surface area contributed by atoms with Gasteiger partial charge in [0.1, 0.15) is 5.82 Å². The van der Waals surface area contributed by atoms with Crippen LogP contribution >= 0.6 is 11.8 Å². The fourth-order valence-electron chi connectivity index (χ4n) is 1.93. The van der Waals surface area contributed by atoms with Gasteiger partial charge in [-0.1, -0.05) is 17.9 Å². The molecular weight excluding hydrogens is 283 g/mol. The summed E-state index contributed by atoms with van der Waals surface area (Å²) in [5, 5.41) is 0.916. The molecule has 0 unspecified atom stereocenters. The first-order valence-corrected chi connectivity index (χ1v) is 7.62. The lowest BCUT2D eigenvalue weighted by molar-refractivity contribution is 0.617. The minimum absolute atomic E-state index is 0.240. The molecule has 1 heterocycles. The minimum Gasteiger partial charge on any atom is -0.320 e. The van der Waals surface area contributed by atoms with E-state index in [1.165, 1.54) is 17.8 Å². The van der Waals surface area contributed by atoms with Crippen LogP contribution in [0.4, 0.5) is 4.39 Å². The molecule has 2 rings (SSSR count). The highest BCUT2D eigenvalue weighted by Gasteiger charge is 2.05. The lowest BCUT2D eigenvalue weighted by Gasteiger charge is -2.05. The fourth-order valence-corrected chi connectivity index (χ4v) is 2.94. The van der Waals surface area contributed by atoms with Gasteiger partial charge in [0.2, 0.25) is 0 Å². The Morgan fingerprint density at radius 1 is 1.24 bits per heavy atom. The molecule has 2 aromatic rings. The highest BCUT2D eigenvalue weighted by Crippen LogP contribution is 2.24. The van der Waals surface area contributed by atoms with Crippen molar-refractivity contribution in [3.8, 4) is 11.8 Å². The van der Waals surface area contributed by atoms with E-state index >= 15 is 0 Å². The Morgan fingerprint density at radius 3 is 2.71 bits per heavy atom. The topological polar surface area (TPSA) is 38.9 Å². The van der Waals surface area contributed by atoms with Gasteiger partial charge >= 0.3 is 0 Å². The van der Waals surface area contributed by atoms with Gasteiger partial charge in [0.05, 0.1) is 11.6 Å². The van der Waals surface area contributed by atoms with Gasteiger partial charge in [-0.25, -0.2) is 9.37 Å². The molecule has 1 aromatic heterocycles. The predicted octanol–water partition coefficient (Wildman–Crippen LogP) is 3.44. The molecule has 0 spiro atoms. The summed E-state index contributed by atoms with van der Waals surface area (Å²) in [7, 11) is 0. The van der Waals surface area contributed by atoms with E-state index in [0.29, 0.717) is 16.9 Å². The van der Waals surface area contributed by atoms with Crippen LogP contribution in [-0.2, 0) is 5.75 Å². The maximum absolute atomic E-state index is 14.0. The number of rotatable bonds is 3. The highest BCUT2D eigenvalue weighted by atomic mass is 32.2. The van der Waals surface area contributed by atoms with Gasteiger partial charge in [0.15, 0.2) is 0 Å². The molecule has 4 heteroatoms. The number of nitrogens with two attached hydrogens (primary N) is 1. The molecule has 1 aromatic carbocycles. The number of thioether (sulfide) groups is 1. The van der Waals surface area contributed by atoms with E-state index in [9.17, 15) is 4.39 Å². The van der Waals surface area contributed by atoms with Gasteiger partial charge < -0.3 is 5.73 Å². The summed E-state index contributed by atoms with van der Waals surface area (Å²) < 4.78 is 14.0. The summed E-state index contributed by atoms with van der Waals surface area (Å²) in [4.78, 5) is 4.44. The van der Waals surface area contributed by atoms with E-state index in [1.807, 2.05) is 32.0 Å². The molecule has 0 atom stereocenters. The van der Waals surface area contributed by atoms with E-state index in [1.54, 1.807) is 6.07 Å². The number of pyridine rings is 1. The Kier molecular flexibility index (Phi) is 5.38. The molecule has 0 aliphatic heterocycles. The second-order valence-electron chi connectivity index (χ2n) is 4.72. The average Bonchev–Trinajstić information content (AvgIpc) is 2.43. The number of aromatic nitrogens is 1. The first-order chi connectivity index (χ1) is 10.1. The Hall–Kier alpha value is -1.83. The zero-order valence-corrected chi connectivity index (χ0v) is 12.9. The first kappa shape index (κ1) is 15.6. The lowest BCUT2D eigenvalue weighted by atomic mass is 10.1. The summed E-state index contributed by atoms with van der Waals surface area (Å²) in [6, 6.07) is 9.07. The van der Waals surface area contributed by atoms with Gasteiger partial charge in [0.25, 0.3) is 0 Å². The van der Waals surface area contributed by atoms with Gasteiger partial charge in [0, 0.05) is 17.0 Å². The number of hydrogen-bond acceptors (Lipinski definition) is 3. The van der Waals surface area contributed by atoms with Gasteiger partial charge in [-0.3, -0.25) is 0 Å². The molecular formula is C17H17FN2S. The van der Waals surface area contributed by atoms with Crippen LogP contribution < -0.4 is 5.73 Å². The standard InChI is InChI=1S/C17H17FN2S/c1-12-8-13(2)20-17(9-12)21-11-15-6-5-14(4-3-7-19)10-16(15)18/h5-6,8-10H,7,11,19H2,1-2H3. The van der Waals surface area contributed by atoms with Crippen LogP contribution in [0.5, 0.6) is 0 Å². The molecule has 2 nitrogen and oxygen atoms in total. The van der Waals surface area contributed by atoms with E-state index in [0.717, 1.165) is 16.3 Å². The highest BCUT2D eigenvalue weighted by molar-refractivity contribution is 7.98. The van der Waals surface area contributed by atoms with Crippen molar-refractivity contribution in [1.82, 2.24) is 4.98 Å². The molecule has 0 bridgehead atoms. The van der Waals surface area contributed by atoms with Crippen LogP contribution in [0.3, 0.4) is 0 Å². The number of nitrogens with zero attached hydrogens (tertiary/aromatic N) is 1.